The molecule has 146 valence electrons. The number of hydrogen-bond donors (Lipinski definition) is 4. The van der Waals surface area contributed by atoms with Gasteiger partial charge in [0.1, 0.15) is 6.10 Å². The van der Waals surface area contributed by atoms with Crippen LogP contribution in [0.1, 0.15) is 43.4 Å². The number of anilines is 1. The molecule has 1 unspecified atom stereocenters. The molecule has 4 N–H and O–H groups in total. The summed E-state index contributed by atoms with van der Waals surface area (Å²) in [6, 6.07) is 3.09. The van der Waals surface area contributed by atoms with Crippen molar-refractivity contribution in [2.45, 2.75) is 39.2 Å². The number of hydrazine groups is 1. The molecule has 0 aliphatic heterocycles. The Kier molecular flexibility index (Phi) is 9.16. The zero-order valence-corrected chi connectivity index (χ0v) is 15.5. The van der Waals surface area contributed by atoms with Gasteiger partial charge in [-0.25, -0.2) is 10.3 Å². The SMILES string of the molecule is [C-]#[N+]c1cc(C(O)CO)c(C)cc1N(NC/C=C\CCCC(=O)O)C(C)=O. The fourth-order valence-corrected chi connectivity index (χ4v) is 2.51. The molecule has 27 heavy (non-hydrogen) atoms. The number of amides is 1. The summed E-state index contributed by atoms with van der Waals surface area (Å²) in [5.74, 6) is -1.14. The van der Waals surface area contributed by atoms with E-state index in [4.69, 9.17) is 16.8 Å². The van der Waals surface area contributed by atoms with E-state index in [0.29, 0.717) is 36.2 Å². The molecule has 0 aliphatic carbocycles. The van der Waals surface area contributed by atoms with Crippen LogP contribution in [-0.4, -0.2) is 40.3 Å². The first-order valence-electron chi connectivity index (χ1n) is 8.53. The van der Waals surface area contributed by atoms with Gasteiger partial charge in [0.05, 0.1) is 18.9 Å². The van der Waals surface area contributed by atoms with E-state index in [0.717, 1.165) is 0 Å². The second kappa shape index (κ2) is 11.1. The van der Waals surface area contributed by atoms with Gasteiger partial charge in [0.15, 0.2) is 0 Å². The Balaban J connectivity index is 2.90. The number of aliphatic carboxylic acids is 1. The molecular weight excluding hydrogens is 350 g/mol. The molecule has 0 spiro atoms. The Morgan fingerprint density at radius 1 is 1.37 bits per heavy atom. The largest absolute Gasteiger partial charge is 0.481 e. The van der Waals surface area contributed by atoms with Crippen LogP contribution >= 0.6 is 0 Å². The fraction of sp³-hybridized carbons (Fsp3) is 0.421. The highest BCUT2D eigenvalue weighted by Crippen LogP contribution is 2.33. The van der Waals surface area contributed by atoms with Crippen LogP contribution in [0.3, 0.4) is 0 Å². The summed E-state index contributed by atoms with van der Waals surface area (Å²) >= 11 is 0. The molecule has 0 aliphatic rings. The number of rotatable bonds is 10. The maximum absolute atomic E-state index is 12.0. The Hall–Kier alpha value is -2.73. The Bertz CT molecular complexity index is 740. The zero-order valence-electron chi connectivity index (χ0n) is 15.5. The molecule has 0 fully saturated rings. The van der Waals surface area contributed by atoms with Gasteiger partial charge in [-0.15, -0.1) is 0 Å². The first-order chi connectivity index (χ1) is 12.8. The number of aryl methyl sites for hydroxylation is 1. The summed E-state index contributed by atoms with van der Waals surface area (Å²) in [4.78, 5) is 25.9. The number of carboxylic acid groups (broad SMARTS) is 1. The minimum Gasteiger partial charge on any atom is -0.481 e. The lowest BCUT2D eigenvalue weighted by Crippen LogP contribution is -2.42. The summed E-state index contributed by atoms with van der Waals surface area (Å²) in [6.07, 6.45) is 3.79. The van der Waals surface area contributed by atoms with Crippen LogP contribution in [0.5, 0.6) is 0 Å². The molecule has 8 nitrogen and oxygen atoms in total. The Morgan fingerprint density at radius 2 is 2.07 bits per heavy atom. The van der Waals surface area contributed by atoms with E-state index < -0.39 is 18.7 Å². The van der Waals surface area contributed by atoms with Gasteiger partial charge in [-0.1, -0.05) is 12.2 Å². The van der Waals surface area contributed by atoms with Crippen LogP contribution in [0.25, 0.3) is 4.85 Å². The number of allylic oxidation sites excluding steroid dienone is 1. The fourth-order valence-electron chi connectivity index (χ4n) is 2.51. The predicted molar refractivity (Wildman–Crippen MR) is 101 cm³/mol. The number of hydrogen-bond acceptors (Lipinski definition) is 5. The van der Waals surface area contributed by atoms with Crippen LogP contribution in [0.4, 0.5) is 11.4 Å². The second-order valence-electron chi connectivity index (χ2n) is 5.98. The number of nitrogens with zero attached hydrogens (tertiary/aromatic N) is 2. The van der Waals surface area contributed by atoms with Crippen molar-refractivity contribution in [2.75, 3.05) is 18.2 Å². The van der Waals surface area contributed by atoms with Gasteiger partial charge in [-0.2, -0.15) is 0 Å². The quantitative estimate of drug-likeness (QED) is 0.216. The number of carboxylic acids is 1. The van der Waals surface area contributed by atoms with Gasteiger partial charge in [0.2, 0.25) is 11.6 Å². The highest BCUT2D eigenvalue weighted by molar-refractivity contribution is 5.94. The van der Waals surface area contributed by atoms with Gasteiger partial charge < -0.3 is 15.3 Å². The minimum atomic E-state index is -1.09. The summed E-state index contributed by atoms with van der Waals surface area (Å²) in [5, 5.41) is 28.8. The number of aliphatic hydroxyl groups is 2. The molecule has 0 saturated carbocycles. The van der Waals surface area contributed by atoms with Gasteiger partial charge >= 0.3 is 5.97 Å². The molecule has 0 heterocycles. The summed E-state index contributed by atoms with van der Waals surface area (Å²) in [7, 11) is 0. The normalized spacial score (nSPS) is 12.0. The predicted octanol–water partition coefficient (Wildman–Crippen LogP) is 2.24. The molecule has 8 heteroatoms. The molecule has 0 saturated heterocycles. The van der Waals surface area contributed by atoms with Crippen LogP contribution < -0.4 is 10.4 Å². The van der Waals surface area contributed by atoms with Gasteiger partial charge in [-0.3, -0.25) is 14.6 Å². The van der Waals surface area contributed by atoms with Crippen molar-refractivity contribution in [3.05, 3.63) is 46.8 Å². The third kappa shape index (κ3) is 6.83. The van der Waals surface area contributed by atoms with Crippen LogP contribution in [-0.2, 0) is 9.59 Å². The van der Waals surface area contributed by atoms with Crippen LogP contribution in [0.2, 0.25) is 0 Å². The molecule has 1 atom stereocenters. The van der Waals surface area contributed by atoms with E-state index in [-0.39, 0.29) is 18.0 Å². The molecule has 0 radical (unpaired) electrons. The van der Waals surface area contributed by atoms with Crippen molar-refractivity contribution in [1.29, 1.82) is 0 Å². The number of nitrogens with one attached hydrogen (secondary N) is 1. The number of carbonyl (C=O) groups excluding carboxylic acids is 1. The first-order valence-corrected chi connectivity index (χ1v) is 8.53. The van der Waals surface area contributed by atoms with E-state index in [1.165, 1.54) is 18.0 Å². The maximum atomic E-state index is 12.0. The molecule has 1 rings (SSSR count). The summed E-state index contributed by atoms with van der Waals surface area (Å²) < 4.78 is 0. The standard InChI is InChI=1S/C19H25N3O5/c1-13-10-17(16(20-3)11-15(13)18(25)12-23)22(14(2)24)21-9-7-5-4-6-8-19(26)27/h5,7,10-11,18,21,23,25H,4,6,8-9,12H2,1-2H3,(H,26,27)/b7-5-. The van der Waals surface area contributed by atoms with Crippen molar-refractivity contribution >= 4 is 23.3 Å². The third-order valence-corrected chi connectivity index (χ3v) is 3.87. The molecule has 1 aromatic carbocycles. The van der Waals surface area contributed by atoms with E-state index >= 15 is 0 Å². The lowest BCUT2D eigenvalue weighted by Gasteiger charge is -2.24. The summed E-state index contributed by atoms with van der Waals surface area (Å²) in [5.41, 5.74) is 4.55. The molecule has 1 aromatic rings. The van der Waals surface area contributed by atoms with Crippen molar-refractivity contribution < 1.29 is 24.9 Å². The lowest BCUT2D eigenvalue weighted by molar-refractivity contribution is -0.137. The average Bonchev–Trinajstić information content (AvgIpc) is 2.62. The van der Waals surface area contributed by atoms with E-state index in [2.05, 4.69) is 10.3 Å². The Labute approximate surface area is 158 Å². The van der Waals surface area contributed by atoms with Gasteiger partial charge in [0.25, 0.3) is 0 Å². The maximum Gasteiger partial charge on any atom is 0.303 e. The number of carbonyl (C=O) groups is 2. The number of unbranched alkanes of at least 4 members (excludes halogenated alkanes) is 1. The molecule has 1 amide bonds. The highest BCUT2D eigenvalue weighted by atomic mass is 16.4. The van der Waals surface area contributed by atoms with Crippen molar-refractivity contribution in [3.63, 3.8) is 0 Å². The number of benzene rings is 1. The van der Waals surface area contributed by atoms with Crippen molar-refractivity contribution in [1.82, 2.24) is 5.43 Å². The van der Waals surface area contributed by atoms with Crippen molar-refractivity contribution in [3.8, 4) is 0 Å². The molecular formula is C19H25N3O5. The Morgan fingerprint density at radius 3 is 2.63 bits per heavy atom. The minimum absolute atomic E-state index is 0.108. The van der Waals surface area contributed by atoms with E-state index in [9.17, 15) is 14.7 Å². The molecule has 0 aromatic heterocycles. The second-order valence-corrected chi connectivity index (χ2v) is 5.98. The summed E-state index contributed by atoms with van der Waals surface area (Å²) in [6.45, 7) is 10.3. The topological polar surface area (TPSA) is 114 Å². The zero-order chi connectivity index (χ0) is 20.4. The smallest absolute Gasteiger partial charge is 0.303 e. The van der Waals surface area contributed by atoms with Crippen LogP contribution in [0, 0.1) is 13.5 Å². The van der Waals surface area contributed by atoms with Gasteiger partial charge in [0, 0.05) is 19.9 Å². The lowest BCUT2D eigenvalue weighted by atomic mass is 10.0. The number of aliphatic hydroxyl groups excluding tert-OH is 2. The van der Waals surface area contributed by atoms with Crippen LogP contribution in [0.15, 0.2) is 24.3 Å². The highest BCUT2D eigenvalue weighted by Gasteiger charge is 2.19. The van der Waals surface area contributed by atoms with Crippen molar-refractivity contribution in [2.24, 2.45) is 0 Å². The third-order valence-electron chi connectivity index (χ3n) is 3.87. The monoisotopic (exact) mass is 375 g/mol. The van der Waals surface area contributed by atoms with E-state index in [1.807, 2.05) is 6.08 Å². The first kappa shape index (κ1) is 22.3. The molecule has 0 bridgehead atoms. The van der Waals surface area contributed by atoms with Gasteiger partial charge in [-0.05, 0) is 43.0 Å². The average molecular weight is 375 g/mol. The van der Waals surface area contributed by atoms with E-state index in [1.54, 1.807) is 19.1 Å².